The van der Waals surface area contributed by atoms with Crippen molar-refractivity contribution in [2.75, 3.05) is 0 Å². The predicted molar refractivity (Wildman–Crippen MR) is 52.8 cm³/mol. The maximum absolute atomic E-state index is 11.2. The Balaban J connectivity index is 1.97. The van der Waals surface area contributed by atoms with Crippen LogP contribution in [-0.4, -0.2) is 22.1 Å². The fraction of sp³-hybridized carbons (Fsp3) is 0.600. The molecule has 0 saturated heterocycles. The van der Waals surface area contributed by atoms with Crippen molar-refractivity contribution in [3.8, 4) is 0 Å². The topological polar surface area (TPSA) is 57.8 Å². The summed E-state index contributed by atoms with van der Waals surface area (Å²) in [6, 6.07) is 0.287. The molecule has 1 aromatic heterocycles. The van der Waals surface area contributed by atoms with E-state index in [4.69, 9.17) is 0 Å². The second-order valence-corrected chi connectivity index (χ2v) is 3.73. The van der Waals surface area contributed by atoms with E-state index in [9.17, 15) is 4.79 Å². The van der Waals surface area contributed by atoms with Crippen LogP contribution >= 0.6 is 0 Å². The van der Waals surface area contributed by atoms with Gasteiger partial charge in [0.25, 0.3) is 0 Å². The summed E-state index contributed by atoms with van der Waals surface area (Å²) in [7, 11) is 0. The van der Waals surface area contributed by atoms with E-state index in [1.165, 1.54) is 11.3 Å². The molecule has 0 aromatic carbocycles. The first-order valence-corrected chi connectivity index (χ1v) is 5.10. The molecule has 0 fully saturated rings. The Morgan fingerprint density at radius 3 is 3.43 bits per heavy atom. The van der Waals surface area contributed by atoms with Crippen molar-refractivity contribution in [1.82, 2.24) is 15.5 Å². The molecule has 2 rings (SSSR count). The van der Waals surface area contributed by atoms with E-state index < -0.39 is 0 Å². The van der Waals surface area contributed by atoms with Crippen LogP contribution in [0.25, 0.3) is 0 Å². The number of aromatic amines is 1. The van der Waals surface area contributed by atoms with Crippen LogP contribution in [0.2, 0.25) is 0 Å². The highest BCUT2D eigenvalue weighted by atomic mass is 16.1. The van der Waals surface area contributed by atoms with Gasteiger partial charge in [-0.2, -0.15) is 5.10 Å². The Hall–Kier alpha value is -1.32. The van der Waals surface area contributed by atoms with Gasteiger partial charge in [-0.05, 0) is 18.4 Å². The lowest BCUT2D eigenvalue weighted by Crippen LogP contribution is -2.38. The van der Waals surface area contributed by atoms with Gasteiger partial charge in [0.1, 0.15) is 0 Å². The van der Waals surface area contributed by atoms with Crippen molar-refractivity contribution in [2.45, 2.75) is 38.6 Å². The molecule has 1 aromatic rings. The van der Waals surface area contributed by atoms with Gasteiger partial charge in [0, 0.05) is 24.6 Å². The third-order valence-electron chi connectivity index (χ3n) is 2.71. The predicted octanol–water partition coefficient (Wildman–Crippen LogP) is 0.793. The second-order valence-electron chi connectivity index (χ2n) is 3.73. The summed E-state index contributed by atoms with van der Waals surface area (Å²) >= 11 is 0. The van der Waals surface area contributed by atoms with Gasteiger partial charge in [-0.15, -0.1) is 0 Å². The van der Waals surface area contributed by atoms with Crippen molar-refractivity contribution in [3.05, 3.63) is 17.5 Å². The highest BCUT2D eigenvalue weighted by Crippen LogP contribution is 2.18. The fourth-order valence-corrected chi connectivity index (χ4v) is 1.86. The quantitative estimate of drug-likeness (QED) is 0.729. The first-order valence-electron chi connectivity index (χ1n) is 5.10. The highest BCUT2D eigenvalue weighted by Gasteiger charge is 2.20. The monoisotopic (exact) mass is 193 g/mol. The van der Waals surface area contributed by atoms with Gasteiger partial charge in [0.05, 0.1) is 6.20 Å². The number of aromatic nitrogens is 2. The summed E-state index contributed by atoms with van der Waals surface area (Å²) in [6.07, 6.45) is 5.37. The van der Waals surface area contributed by atoms with E-state index in [0.29, 0.717) is 6.42 Å². The van der Waals surface area contributed by atoms with E-state index >= 15 is 0 Å². The molecular formula is C10H15N3O. The molecule has 14 heavy (non-hydrogen) atoms. The standard InChI is InChI=1S/C10H15N3O/c1-2-10(14)12-8-4-3-7-6-11-13-9(7)5-8/h6,8H,2-5H2,1H3,(H,11,13)(H,12,14). The molecule has 4 heteroatoms. The van der Waals surface area contributed by atoms with Crippen molar-refractivity contribution in [2.24, 2.45) is 0 Å². The number of rotatable bonds is 2. The molecule has 0 spiro atoms. The van der Waals surface area contributed by atoms with E-state index in [1.807, 2.05) is 13.1 Å². The largest absolute Gasteiger partial charge is 0.353 e. The lowest BCUT2D eigenvalue weighted by atomic mass is 9.94. The number of carbonyl (C=O) groups excluding carboxylic acids is 1. The summed E-state index contributed by atoms with van der Waals surface area (Å²) < 4.78 is 0. The number of H-pyrrole nitrogens is 1. The zero-order valence-electron chi connectivity index (χ0n) is 8.34. The molecule has 1 unspecified atom stereocenters. The number of carbonyl (C=O) groups is 1. The van der Waals surface area contributed by atoms with E-state index in [1.54, 1.807) is 0 Å². The Bertz CT molecular complexity index is 332. The van der Waals surface area contributed by atoms with Gasteiger partial charge in [-0.3, -0.25) is 9.89 Å². The van der Waals surface area contributed by atoms with Crippen LogP contribution in [0, 0.1) is 0 Å². The minimum absolute atomic E-state index is 0.137. The van der Waals surface area contributed by atoms with Crippen molar-refractivity contribution < 1.29 is 4.79 Å². The molecule has 1 aliphatic carbocycles. The van der Waals surface area contributed by atoms with Gasteiger partial charge in [-0.1, -0.05) is 6.92 Å². The van der Waals surface area contributed by atoms with Crippen LogP contribution in [-0.2, 0) is 17.6 Å². The fourth-order valence-electron chi connectivity index (χ4n) is 1.86. The van der Waals surface area contributed by atoms with E-state index in [0.717, 1.165) is 19.3 Å². The summed E-state index contributed by atoms with van der Waals surface area (Å²) in [5.74, 6) is 0.137. The number of hydrogen-bond acceptors (Lipinski definition) is 2. The molecule has 76 valence electrons. The van der Waals surface area contributed by atoms with E-state index in [2.05, 4.69) is 15.5 Å². The van der Waals surface area contributed by atoms with Crippen LogP contribution in [0.5, 0.6) is 0 Å². The highest BCUT2D eigenvalue weighted by molar-refractivity contribution is 5.75. The molecular weight excluding hydrogens is 178 g/mol. The zero-order valence-corrected chi connectivity index (χ0v) is 8.34. The zero-order chi connectivity index (χ0) is 9.97. The molecule has 4 nitrogen and oxygen atoms in total. The average molecular weight is 193 g/mol. The first-order chi connectivity index (χ1) is 6.79. The molecule has 0 radical (unpaired) electrons. The van der Waals surface area contributed by atoms with Crippen LogP contribution in [0.3, 0.4) is 0 Å². The van der Waals surface area contributed by atoms with Crippen LogP contribution < -0.4 is 5.32 Å². The third kappa shape index (κ3) is 1.78. The molecule has 1 amide bonds. The summed E-state index contributed by atoms with van der Waals surface area (Å²) in [5, 5.41) is 9.99. The summed E-state index contributed by atoms with van der Waals surface area (Å²) in [4.78, 5) is 11.2. The number of nitrogens with one attached hydrogen (secondary N) is 2. The lowest BCUT2D eigenvalue weighted by Gasteiger charge is -2.22. The normalized spacial score (nSPS) is 20.2. The molecule has 1 atom stereocenters. The van der Waals surface area contributed by atoms with Gasteiger partial charge < -0.3 is 5.32 Å². The molecule has 0 saturated carbocycles. The SMILES string of the molecule is CCC(=O)NC1CCc2cn[nH]c2C1. The minimum Gasteiger partial charge on any atom is -0.353 e. The van der Waals surface area contributed by atoms with Gasteiger partial charge >= 0.3 is 0 Å². The van der Waals surface area contributed by atoms with Crippen molar-refractivity contribution >= 4 is 5.91 Å². The molecule has 1 aliphatic rings. The van der Waals surface area contributed by atoms with Crippen LogP contribution in [0.4, 0.5) is 0 Å². The average Bonchev–Trinajstić information content (AvgIpc) is 2.64. The number of nitrogens with zero attached hydrogens (tertiary/aromatic N) is 1. The summed E-state index contributed by atoms with van der Waals surface area (Å²) in [6.45, 7) is 1.87. The number of hydrogen-bond donors (Lipinski definition) is 2. The Morgan fingerprint density at radius 1 is 1.79 bits per heavy atom. The molecule has 2 N–H and O–H groups in total. The Morgan fingerprint density at radius 2 is 2.64 bits per heavy atom. The first kappa shape index (κ1) is 9.24. The van der Waals surface area contributed by atoms with Crippen molar-refractivity contribution in [3.63, 3.8) is 0 Å². The van der Waals surface area contributed by atoms with E-state index in [-0.39, 0.29) is 11.9 Å². The Labute approximate surface area is 83.1 Å². The molecule has 0 bridgehead atoms. The molecule has 0 aliphatic heterocycles. The summed E-state index contributed by atoms with van der Waals surface area (Å²) in [5.41, 5.74) is 2.48. The van der Waals surface area contributed by atoms with Gasteiger partial charge in [0.2, 0.25) is 5.91 Å². The van der Waals surface area contributed by atoms with Gasteiger partial charge in [0.15, 0.2) is 0 Å². The maximum Gasteiger partial charge on any atom is 0.219 e. The number of amides is 1. The van der Waals surface area contributed by atoms with Crippen molar-refractivity contribution in [1.29, 1.82) is 0 Å². The van der Waals surface area contributed by atoms with Gasteiger partial charge in [-0.25, -0.2) is 0 Å². The Kier molecular flexibility index (Phi) is 2.52. The maximum atomic E-state index is 11.2. The number of fused-ring (bicyclic) bond motifs is 1. The third-order valence-corrected chi connectivity index (χ3v) is 2.71. The minimum atomic E-state index is 0.137. The van der Waals surface area contributed by atoms with Crippen LogP contribution in [0.15, 0.2) is 6.20 Å². The smallest absolute Gasteiger partial charge is 0.219 e. The van der Waals surface area contributed by atoms with Crippen LogP contribution in [0.1, 0.15) is 31.0 Å². The number of aryl methyl sites for hydroxylation is 1. The lowest BCUT2D eigenvalue weighted by molar-refractivity contribution is -0.121. The molecule has 1 heterocycles. The second kappa shape index (κ2) is 3.82.